The molecule has 1 aromatic carbocycles. The number of para-hydroxylation sites is 1. The van der Waals surface area contributed by atoms with Gasteiger partial charge in [-0.05, 0) is 24.5 Å². The Morgan fingerprint density at radius 1 is 1.32 bits per heavy atom. The lowest BCUT2D eigenvalue weighted by molar-refractivity contribution is -0.142. The van der Waals surface area contributed by atoms with Gasteiger partial charge in [0.15, 0.2) is 6.61 Å². The van der Waals surface area contributed by atoms with Crippen molar-refractivity contribution in [2.45, 2.75) is 26.7 Å². The highest BCUT2D eigenvalue weighted by Gasteiger charge is 2.10. The first kappa shape index (κ1) is 15.0. The maximum absolute atomic E-state index is 11.7. The van der Waals surface area contributed by atoms with Crippen LogP contribution in [0.25, 0.3) is 0 Å². The molecule has 0 aromatic heterocycles. The van der Waals surface area contributed by atoms with Gasteiger partial charge in [-0.2, -0.15) is 0 Å². The van der Waals surface area contributed by atoms with Crippen LogP contribution in [0.1, 0.15) is 32.3 Å². The fraction of sp³-hybridized carbons (Fsp3) is 0.333. The molecular weight excluding hydrogens is 242 g/mol. The van der Waals surface area contributed by atoms with Gasteiger partial charge in [-0.1, -0.05) is 38.1 Å². The van der Waals surface area contributed by atoms with Crippen LogP contribution < -0.4 is 5.32 Å². The van der Waals surface area contributed by atoms with Crippen LogP contribution in [-0.2, 0) is 14.3 Å². The van der Waals surface area contributed by atoms with Gasteiger partial charge in [-0.15, -0.1) is 0 Å². The monoisotopic (exact) mass is 261 g/mol. The van der Waals surface area contributed by atoms with E-state index in [1.807, 2.05) is 24.3 Å². The normalized spacial score (nSPS) is 10.7. The number of benzene rings is 1. The van der Waals surface area contributed by atoms with Crippen molar-refractivity contribution in [2.24, 2.45) is 0 Å². The van der Waals surface area contributed by atoms with Gasteiger partial charge in [0.05, 0.1) is 0 Å². The zero-order valence-corrected chi connectivity index (χ0v) is 11.5. The zero-order chi connectivity index (χ0) is 14.3. The number of carbonyl (C=O) groups is 2. The van der Waals surface area contributed by atoms with Crippen LogP contribution >= 0.6 is 0 Å². The summed E-state index contributed by atoms with van der Waals surface area (Å²) in [6.07, 6.45) is 2.84. The average Bonchev–Trinajstić information content (AvgIpc) is 2.37. The minimum Gasteiger partial charge on any atom is -0.452 e. The standard InChI is InChI=1S/C15H19NO3/c1-4-7-15(18)19-10-14(17)16-13-9-6-5-8-12(13)11(2)3/h4-9,11H,10H2,1-3H3,(H,16,17)/b7-4+. The molecule has 0 heterocycles. The number of carbonyl (C=O) groups excluding carboxylic acids is 2. The van der Waals surface area contributed by atoms with Crippen LogP contribution in [0.15, 0.2) is 36.4 Å². The number of amides is 1. The smallest absolute Gasteiger partial charge is 0.330 e. The minimum atomic E-state index is -0.519. The van der Waals surface area contributed by atoms with Crippen LogP contribution in [0.5, 0.6) is 0 Å². The molecule has 0 fully saturated rings. The van der Waals surface area contributed by atoms with E-state index < -0.39 is 5.97 Å². The van der Waals surface area contributed by atoms with Crippen molar-refractivity contribution in [1.82, 2.24) is 0 Å². The fourth-order valence-electron chi connectivity index (χ4n) is 1.62. The topological polar surface area (TPSA) is 55.4 Å². The van der Waals surface area contributed by atoms with E-state index in [-0.39, 0.29) is 12.5 Å². The van der Waals surface area contributed by atoms with Crippen LogP contribution in [0.4, 0.5) is 5.69 Å². The van der Waals surface area contributed by atoms with Gasteiger partial charge >= 0.3 is 5.97 Å². The number of esters is 1. The Balaban J connectivity index is 2.60. The third-order valence-electron chi connectivity index (χ3n) is 2.51. The lowest BCUT2D eigenvalue weighted by atomic mass is 10.0. The van der Waals surface area contributed by atoms with Crippen molar-refractivity contribution in [3.8, 4) is 0 Å². The molecule has 0 aliphatic heterocycles. The van der Waals surface area contributed by atoms with Gasteiger partial charge in [0, 0.05) is 11.8 Å². The second-order valence-electron chi connectivity index (χ2n) is 4.40. The third kappa shape index (κ3) is 4.95. The van der Waals surface area contributed by atoms with Crippen LogP contribution in [0.3, 0.4) is 0 Å². The molecule has 1 amide bonds. The summed E-state index contributed by atoms with van der Waals surface area (Å²) in [5.41, 5.74) is 1.81. The predicted octanol–water partition coefficient (Wildman–Crippen LogP) is 2.87. The van der Waals surface area contributed by atoms with Gasteiger partial charge in [0.2, 0.25) is 0 Å². The van der Waals surface area contributed by atoms with E-state index >= 15 is 0 Å². The number of anilines is 1. The van der Waals surface area contributed by atoms with Crippen molar-refractivity contribution in [3.63, 3.8) is 0 Å². The molecule has 0 saturated carbocycles. The Morgan fingerprint density at radius 2 is 2.00 bits per heavy atom. The van der Waals surface area contributed by atoms with Crippen molar-refractivity contribution < 1.29 is 14.3 Å². The molecule has 0 unspecified atom stereocenters. The third-order valence-corrected chi connectivity index (χ3v) is 2.51. The van der Waals surface area contributed by atoms with Crippen molar-refractivity contribution >= 4 is 17.6 Å². The van der Waals surface area contributed by atoms with Crippen LogP contribution in [0, 0.1) is 0 Å². The molecule has 1 rings (SSSR count). The number of ether oxygens (including phenoxy) is 1. The van der Waals surface area contributed by atoms with Crippen molar-refractivity contribution in [3.05, 3.63) is 42.0 Å². The van der Waals surface area contributed by atoms with E-state index in [0.29, 0.717) is 5.92 Å². The van der Waals surface area contributed by atoms with Crippen LogP contribution in [0.2, 0.25) is 0 Å². The number of hydrogen-bond donors (Lipinski definition) is 1. The predicted molar refractivity (Wildman–Crippen MR) is 74.9 cm³/mol. The Hall–Kier alpha value is -2.10. The molecule has 0 atom stereocenters. The quantitative estimate of drug-likeness (QED) is 0.655. The summed E-state index contributed by atoms with van der Waals surface area (Å²) in [5, 5.41) is 2.75. The number of nitrogens with one attached hydrogen (secondary N) is 1. The van der Waals surface area contributed by atoms with E-state index in [1.165, 1.54) is 6.08 Å². The molecule has 1 N–H and O–H groups in total. The summed E-state index contributed by atoms with van der Waals surface area (Å²) in [7, 11) is 0. The average molecular weight is 261 g/mol. The second kappa shape index (κ2) is 7.36. The number of hydrogen-bond acceptors (Lipinski definition) is 3. The molecule has 0 radical (unpaired) electrons. The van der Waals surface area contributed by atoms with Crippen LogP contribution in [-0.4, -0.2) is 18.5 Å². The minimum absolute atomic E-state index is 0.282. The maximum Gasteiger partial charge on any atom is 0.330 e. The first-order valence-electron chi connectivity index (χ1n) is 6.22. The summed E-state index contributed by atoms with van der Waals surface area (Å²) in [4.78, 5) is 22.8. The van der Waals surface area contributed by atoms with E-state index in [2.05, 4.69) is 19.2 Å². The van der Waals surface area contributed by atoms with E-state index in [1.54, 1.807) is 13.0 Å². The molecule has 4 nitrogen and oxygen atoms in total. The Morgan fingerprint density at radius 3 is 2.63 bits per heavy atom. The first-order valence-corrected chi connectivity index (χ1v) is 6.22. The van der Waals surface area contributed by atoms with Crippen molar-refractivity contribution in [2.75, 3.05) is 11.9 Å². The molecule has 1 aromatic rings. The zero-order valence-electron chi connectivity index (χ0n) is 11.5. The largest absolute Gasteiger partial charge is 0.452 e. The van der Waals surface area contributed by atoms with Gasteiger partial charge in [0.25, 0.3) is 5.91 Å². The molecule has 0 aliphatic rings. The molecule has 0 spiro atoms. The molecule has 0 aliphatic carbocycles. The molecule has 102 valence electrons. The van der Waals surface area contributed by atoms with Gasteiger partial charge < -0.3 is 10.1 Å². The van der Waals surface area contributed by atoms with E-state index in [0.717, 1.165) is 11.3 Å². The van der Waals surface area contributed by atoms with Gasteiger partial charge in [0.1, 0.15) is 0 Å². The highest BCUT2D eigenvalue weighted by Crippen LogP contribution is 2.23. The van der Waals surface area contributed by atoms with E-state index in [4.69, 9.17) is 4.74 Å². The highest BCUT2D eigenvalue weighted by atomic mass is 16.5. The molecule has 19 heavy (non-hydrogen) atoms. The SMILES string of the molecule is C/C=C/C(=O)OCC(=O)Nc1ccccc1C(C)C. The Kier molecular flexibility index (Phi) is 5.79. The Labute approximate surface area is 113 Å². The second-order valence-corrected chi connectivity index (χ2v) is 4.40. The van der Waals surface area contributed by atoms with E-state index in [9.17, 15) is 9.59 Å². The maximum atomic E-state index is 11.7. The summed E-state index contributed by atoms with van der Waals surface area (Å²) in [6.45, 7) is 5.53. The first-order chi connectivity index (χ1) is 9.04. The van der Waals surface area contributed by atoms with Gasteiger partial charge in [-0.3, -0.25) is 4.79 Å². The highest BCUT2D eigenvalue weighted by molar-refractivity contribution is 5.94. The molecule has 4 heteroatoms. The molecule has 0 saturated heterocycles. The fourth-order valence-corrected chi connectivity index (χ4v) is 1.62. The Bertz CT molecular complexity index is 478. The summed E-state index contributed by atoms with van der Waals surface area (Å²) >= 11 is 0. The summed E-state index contributed by atoms with van der Waals surface area (Å²) in [6, 6.07) is 7.58. The lowest BCUT2D eigenvalue weighted by Gasteiger charge is -2.13. The molecule has 0 bridgehead atoms. The molecular formula is C15H19NO3. The summed E-state index contributed by atoms with van der Waals surface area (Å²) in [5.74, 6) is -0.553. The lowest BCUT2D eigenvalue weighted by Crippen LogP contribution is -2.21. The summed E-state index contributed by atoms with van der Waals surface area (Å²) < 4.78 is 4.78. The van der Waals surface area contributed by atoms with Gasteiger partial charge in [-0.25, -0.2) is 4.79 Å². The number of rotatable bonds is 5. The van der Waals surface area contributed by atoms with Crippen molar-refractivity contribution in [1.29, 1.82) is 0 Å². The number of allylic oxidation sites excluding steroid dienone is 1.